The molecule has 0 saturated carbocycles. The molecule has 0 atom stereocenters. The fourth-order valence-electron chi connectivity index (χ4n) is 1.45. The zero-order valence-electron chi connectivity index (χ0n) is 10.1. The normalized spacial score (nSPS) is 11.9. The zero-order valence-corrected chi connectivity index (χ0v) is 13.3. The minimum Gasteiger partial charge on any atom is -0.270 e. The number of rotatable bonds is 5. The SMILES string of the molecule is O=S(=O)(NCc1nc(-c2nn[nH]n2)cs1)c1cn[nH]c1Br. The Morgan fingerprint density at radius 3 is 2.95 bits per heavy atom. The van der Waals surface area contributed by atoms with Crippen molar-refractivity contribution in [3.05, 3.63) is 21.2 Å². The Labute approximate surface area is 130 Å². The summed E-state index contributed by atoms with van der Waals surface area (Å²) in [6.07, 6.45) is 1.22. The maximum Gasteiger partial charge on any atom is 0.245 e. The molecule has 110 valence electrons. The molecule has 13 heteroatoms. The van der Waals surface area contributed by atoms with Crippen LogP contribution >= 0.6 is 27.3 Å². The van der Waals surface area contributed by atoms with Crippen LogP contribution in [0.1, 0.15) is 5.01 Å². The van der Waals surface area contributed by atoms with Crippen molar-refractivity contribution in [1.29, 1.82) is 0 Å². The third kappa shape index (κ3) is 2.99. The van der Waals surface area contributed by atoms with E-state index < -0.39 is 10.0 Å². The summed E-state index contributed by atoms with van der Waals surface area (Å²) >= 11 is 4.38. The van der Waals surface area contributed by atoms with Gasteiger partial charge in [-0.15, -0.1) is 21.5 Å². The van der Waals surface area contributed by atoms with Gasteiger partial charge in [-0.2, -0.15) is 10.3 Å². The molecule has 0 saturated heterocycles. The highest BCUT2D eigenvalue weighted by molar-refractivity contribution is 9.10. The lowest BCUT2D eigenvalue weighted by atomic mass is 10.5. The minimum atomic E-state index is -3.66. The summed E-state index contributed by atoms with van der Waals surface area (Å²) in [6, 6.07) is 0. The number of nitrogens with one attached hydrogen (secondary N) is 3. The summed E-state index contributed by atoms with van der Waals surface area (Å²) in [7, 11) is -3.66. The highest BCUT2D eigenvalue weighted by atomic mass is 79.9. The van der Waals surface area contributed by atoms with Crippen LogP contribution in [0.25, 0.3) is 11.5 Å². The third-order valence-electron chi connectivity index (χ3n) is 2.39. The maximum atomic E-state index is 12.1. The first kappa shape index (κ1) is 14.2. The number of thiazole rings is 1. The Morgan fingerprint density at radius 1 is 1.43 bits per heavy atom. The molecule has 10 nitrogen and oxygen atoms in total. The second-order valence-electron chi connectivity index (χ2n) is 3.73. The van der Waals surface area contributed by atoms with Crippen molar-refractivity contribution < 1.29 is 8.42 Å². The van der Waals surface area contributed by atoms with Gasteiger partial charge in [0.15, 0.2) is 0 Å². The van der Waals surface area contributed by atoms with Crippen LogP contribution < -0.4 is 4.72 Å². The first-order valence-corrected chi connectivity index (χ1v) is 8.58. The first-order valence-electron chi connectivity index (χ1n) is 5.43. The minimum absolute atomic E-state index is 0.0393. The Balaban J connectivity index is 1.72. The van der Waals surface area contributed by atoms with Gasteiger partial charge in [-0.25, -0.2) is 18.1 Å². The van der Waals surface area contributed by atoms with Crippen LogP contribution in [0, 0.1) is 0 Å². The van der Waals surface area contributed by atoms with Crippen LogP contribution in [-0.4, -0.2) is 44.2 Å². The number of aromatic nitrogens is 7. The predicted octanol–water partition coefficient (Wildman–Crippen LogP) is 0.287. The van der Waals surface area contributed by atoms with Crippen LogP contribution in [0.2, 0.25) is 0 Å². The number of sulfonamides is 1. The van der Waals surface area contributed by atoms with Crippen LogP contribution in [0.15, 0.2) is 21.1 Å². The predicted molar refractivity (Wildman–Crippen MR) is 75.6 cm³/mol. The highest BCUT2D eigenvalue weighted by Gasteiger charge is 2.20. The van der Waals surface area contributed by atoms with Gasteiger partial charge in [0.05, 0.1) is 12.7 Å². The Bertz CT molecular complexity index is 839. The molecule has 3 rings (SSSR count). The Morgan fingerprint density at radius 2 is 2.29 bits per heavy atom. The van der Waals surface area contributed by atoms with Gasteiger partial charge in [0.1, 0.15) is 20.2 Å². The molecular formula is C8H7BrN8O2S2. The molecule has 0 radical (unpaired) electrons. The quantitative estimate of drug-likeness (QED) is 0.567. The molecule has 3 aromatic heterocycles. The maximum absolute atomic E-state index is 12.1. The van der Waals surface area contributed by atoms with E-state index in [-0.39, 0.29) is 11.4 Å². The zero-order chi connectivity index (χ0) is 14.9. The second-order valence-corrected chi connectivity index (χ2v) is 7.21. The topological polar surface area (TPSA) is 142 Å². The summed E-state index contributed by atoms with van der Waals surface area (Å²) in [4.78, 5) is 4.27. The highest BCUT2D eigenvalue weighted by Crippen LogP contribution is 2.20. The van der Waals surface area contributed by atoms with E-state index in [4.69, 9.17) is 0 Å². The average molecular weight is 391 g/mol. The van der Waals surface area contributed by atoms with Gasteiger partial charge < -0.3 is 0 Å². The lowest BCUT2D eigenvalue weighted by Crippen LogP contribution is -2.23. The number of tetrazole rings is 1. The van der Waals surface area contributed by atoms with E-state index in [9.17, 15) is 8.42 Å². The smallest absolute Gasteiger partial charge is 0.245 e. The van der Waals surface area contributed by atoms with Crippen molar-refractivity contribution in [1.82, 2.24) is 40.5 Å². The summed E-state index contributed by atoms with van der Waals surface area (Å²) in [5.41, 5.74) is 0.535. The summed E-state index contributed by atoms with van der Waals surface area (Å²) in [5, 5.41) is 21.8. The molecule has 0 aliphatic heterocycles. The van der Waals surface area contributed by atoms with E-state index in [2.05, 4.69) is 56.5 Å². The van der Waals surface area contributed by atoms with Crippen LogP contribution in [0.4, 0.5) is 0 Å². The van der Waals surface area contributed by atoms with Crippen molar-refractivity contribution >= 4 is 37.3 Å². The lowest BCUT2D eigenvalue weighted by Gasteiger charge is -2.02. The molecule has 21 heavy (non-hydrogen) atoms. The van der Waals surface area contributed by atoms with Crippen molar-refractivity contribution in [2.75, 3.05) is 0 Å². The van der Waals surface area contributed by atoms with Crippen LogP contribution in [0.3, 0.4) is 0 Å². The van der Waals surface area contributed by atoms with Gasteiger partial charge in [-0.1, -0.05) is 0 Å². The van der Waals surface area contributed by atoms with E-state index in [1.54, 1.807) is 5.38 Å². The van der Waals surface area contributed by atoms with E-state index in [1.165, 1.54) is 17.5 Å². The van der Waals surface area contributed by atoms with Gasteiger partial charge in [0.2, 0.25) is 15.8 Å². The largest absolute Gasteiger partial charge is 0.270 e. The molecule has 0 aliphatic carbocycles. The molecule has 3 heterocycles. The number of hydrogen-bond donors (Lipinski definition) is 3. The van der Waals surface area contributed by atoms with Gasteiger partial charge in [0.25, 0.3) is 0 Å². The molecule has 0 bridgehead atoms. The summed E-state index contributed by atoms with van der Waals surface area (Å²) in [6.45, 7) is 0.0580. The molecular weight excluding hydrogens is 384 g/mol. The average Bonchev–Trinajstić information content (AvgIpc) is 3.17. The Kier molecular flexibility index (Phi) is 3.79. The van der Waals surface area contributed by atoms with Gasteiger partial charge in [-0.3, -0.25) is 5.10 Å². The van der Waals surface area contributed by atoms with Gasteiger partial charge >= 0.3 is 0 Å². The van der Waals surface area contributed by atoms with Gasteiger partial charge in [0, 0.05) is 5.38 Å². The standard InChI is InChI=1S/C8H7BrN8O2S2/c9-7-5(1-10-13-7)21(18,19)11-2-6-12-4(3-20-6)8-14-16-17-15-8/h1,3,11H,2H2,(H,10,13)(H,14,15,16,17). The molecule has 0 spiro atoms. The molecule has 0 fully saturated rings. The summed E-state index contributed by atoms with van der Waals surface area (Å²) in [5.74, 6) is 0.359. The number of nitrogens with zero attached hydrogens (tertiary/aromatic N) is 5. The fraction of sp³-hybridized carbons (Fsp3) is 0.125. The molecule has 0 aromatic carbocycles. The molecule has 0 amide bonds. The summed E-state index contributed by atoms with van der Waals surface area (Å²) < 4.78 is 26.9. The second kappa shape index (κ2) is 5.59. The number of aromatic amines is 2. The molecule has 0 unspecified atom stereocenters. The van der Waals surface area contributed by atoms with Crippen molar-refractivity contribution in [2.24, 2.45) is 0 Å². The first-order chi connectivity index (χ1) is 10.1. The number of halogens is 1. The van der Waals surface area contributed by atoms with Crippen molar-refractivity contribution in [2.45, 2.75) is 11.4 Å². The number of H-pyrrole nitrogens is 2. The fourth-order valence-corrected chi connectivity index (χ4v) is 4.05. The third-order valence-corrected chi connectivity index (χ3v) is 5.52. The van der Waals surface area contributed by atoms with Gasteiger partial charge in [-0.05, 0) is 21.1 Å². The van der Waals surface area contributed by atoms with E-state index in [0.29, 0.717) is 21.1 Å². The van der Waals surface area contributed by atoms with Crippen molar-refractivity contribution in [3.8, 4) is 11.5 Å². The van der Waals surface area contributed by atoms with E-state index in [1.807, 2.05) is 0 Å². The molecule has 3 aromatic rings. The van der Waals surface area contributed by atoms with E-state index >= 15 is 0 Å². The van der Waals surface area contributed by atoms with E-state index in [0.717, 1.165) is 0 Å². The van der Waals surface area contributed by atoms with Crippen LogP contribution in [-0.2, 0) is 16.6 Å². The monoisotopic (exact) mass is 390 g/mol. The lowest BCUT2D eigenvalue weighted by molar-refractivity contribution is 0.580. The molecule has 3 N–H and O–H groups in total. The van der Waals surface area contributed by atoms with Crippen molar-refractivity contribution in [3.63, 3.8) is 0 Å². The molecule has 0 aliphatic rings. The number of hydrogen-bond acceptors (Lipinski definition) is 8. The Hall–Kier alpha value is -1.70. The van der Waals surface area contributed by atoms with Crippen LogP contribution in [0.5, 0.6) is 0 Å².